The first-order valence-corrected chi connectivity index (χ1v) is 8.61. The largest absolute Gasteiger partial charge is 0.339 e. The van der Waals surface area contributed by atoms with Crippen LogP contribution in [-0.2, 0) is 0 Å². The number of aromatic nitrogens is 2. The van der Waals surface area contributed by atoms with Crippen LogP contribution in [0.25, 0.3) is 20.8 Å². The molecule has 2 heterocycles. The average Bonchev–Trinajstić information content (AvgIpc) is 2.63. The molecule has 0 atom stereocenters. The summed E-state index contributed by atoms with van der Waals surface area (Å²) in [5, 5.41) is 1.17. The number of amides is 1. The van der Waals surface area contributed by atoms with Gasteiger partial charge in [0.2, 0.25) is 0 Å². The third kappa shape index (κ3) is 3.05. The second-order valence-corrected chi connectivity index (χ2v) is 6.26. The van der Waals surface area contributed by atoms with Gasteiger partial charge < -0.3 is 4.90 Å². The summed E-state index contributed by atoms with van der Waals surface area (Å²) in [6.07, 6.45) is 1.55. The lowest BCUT2D eigenvalue weighted by Crippen LogP contribution is -2.30. The number of pyridine rings is 1. The van der Waals surface area contributed by atoms with E-state index in [4.69, 9.17) is 0 Å². The summed E-state index contributed by atoms with van der Waals surface area (Å²) in [6, 6.07) is 10.8. The second kappa shape index (κ2) is 6.88. The summed E-state index contributed by atoms with van der Waals surface area (Å²) in [7, 11) is 0. The summed E-state index contributed by atoms with van der Waals surface area (Å²) in [4.78, 5) is 34.6. The van der Waals surface area contributed by atoms with Crippen molar-refractivity contribution in [3.63, 3.8) is 0 Å². The Kier molecular flexibility index (Phi) is 4.66. The Balaban J connectivity index is 1.97. The van der Waals surface area contributed by atoms with E-state index in [0.29, 0.717) is 34.7 Å². The quantitative estimate of drug-likeness (QED) is 0.732. The van der Waals surface area contributed by atoms with Crippen LogP contribution < -0.4 is 5.56 Å². The molecule has 0 N–H and O–H groups in total. The first kappa shape index (κ1) is 16.3. The van der Waals surface area contributed by atoms with Crippen LogP contribution >= 0.6 is 11.3 Å². The number of hydrogen-bond donors (Lipinski definition) is 0. The average molecular weight is 339 g/mol. The van der Waals surface area contributed by atoms with E-state index in [9.17, 15) is 9.59 Å². The third-order valence-electron chi connectivity index (χ3n) is 3.81. The van der Waals surface area contributed by atoms with Gasteiger partial charge in [0, 0.05) is 24.0 Å². The fraction of sp³-hybridized carbons (Fsp3) is 0.222. The van der Waals surface area contributed by atoms with E-state index in [1.54, 1.807) is 29.3 Å². The molecule has 3 aromatic rings. The molecule has 1 amide bonds. The predicted molar refractivity (Wildman–Crippen MR) is 96.4 cm³/mol. The van der Waals surface area contributed by atoms with Gasteiger partial charge >= 0.3 is 0 Å². The van der Waals surface area contributed by atoms with Crippen LogP contribution in [0.2, 0.25) is 0 Å². The third-order valence-corrected chi connectivity index (χ3v) is 4.88. The number of benzene rings is 1. The molecule has 0 unspecified atom stereocenters. The number of hydrogen-bond acceptors (Lipinski definition) is 5. The Labute approximate surface area is 143 Å². The molecule has 0 aliphatic carbocycles. The van der Waals surface area contributed by atoms with Crippen LogP contribution in [0.4, 0.5) is 0 Å². The Morgan fingerprint density at radius 1 is 1.12 bits per heavy atom. The van der Waals surface area contributed by atoms with Crippen LogP contribution in [0.3, 0.4) is 0 Å². The lowest BCUT2D eigenvalue weighted by molar-refractivity contribution is 0.0772. The minimum absolute atomic E-state index is 0.0429. The Hall–Kier alpha value is -2.60. The summed E-state index contributed by atoms with van der Waals surface area (Å²) in [6.45, 7) is 5.20. The first-order valence-electron chi connectivity index (χ1n) is 7.79. The standard InChI is InChI=1S/C18H17N3O2S/c1-3-21(4-2)18(23)12-9-10-14(19-11-12)17-20-16(22)13-7-5-6-8-15(13)24-17/h5-11H,3-4H2,1-2H3. The molecule has 0 spiro atoms. The van der Waals surface area contributed by atoms with Crippen molar-refractivity contribution in [3.05, 3.63) is 58.5 Å². The molecule has 6 heteroatoms. The zero-order valence-corrected chi connectivity index (χ0v) is 14.3. The SMILES string of the molecule is CCN(CC)C(=O)c1ccc(-c2nc(=O)c3ccccc3s2)nc1. The van der Waals surface area contributed by atoms with Crippen LogP contribution in [0, 0.1) is 0 Å². The van der Waals surface area contributed by atoms with E-state index in [-0.39, 0.29) is 11.5 Å². The van der Waals surface area contributed by atoms with Crippen LogP contribution in [0.15, 0.2) is 47.4 Å². The first-order chi connectivity index (χ1) is 11.6. The van der Waals surface area contributed by atoms with Crippen molar-refractivity contribution >= 4 is 27.3 Å². The van der Waals surface area contributed by atoms with Crippen molar-refractivity contribution in [1.82, 2.24) is 14.9 Å². The summed E-state index contributed by atoms with van der Waals surface area (Å²) < 4.78 is 0.873. The monoisotopic (exact) mass is 339 g/mol. The Bertz CT molecular complexity index is 931. The summed E-state index contributed by atoms with van der Waals surface area (Å²) >= 11 is 1.41. The van der Waals surface area contributed by atoms with Gasteiger partial charge in [-0.3, -0.25) is 14.6 Å². The lowest BCUT2D eigenvalue weighted by atomic mass is 10.2. The van der Waals surface area contributed by atoms with Crippen LogP contribution in [0.1, 0.15) is 24.2 Å². The maximum absolute atomic E-state index is 12.3. The molecule has 5 nitrogen and oxygen atoms in total. The van der Waals surface area contributed by atoms with Crippen molar-refractivity contribution in [2.75, 3.05) is 13.1 Å². The van der Waals surface area contributed by atoms with Crippen LogP contribution in [-0.4, -0.2) is 33.9 Å². The molecule has 0 aliphatic heterocycles. The molecule has 0 bridgehead atoms. The highest BCUT2D eigenvalue weighted by Gasteiger charge is 2.14. The highest BCUT2D eigenvalue weighted by Crippen LogP contribution is 2.24. The molecule has 24 heavy (non-hydrogen) atoms. The van der Waals surface area contributed by atoms with Gasteiger partial charge in [0.25, 0.3) is 11.5 Å². The van der Waals surface area contributed by atoms with Gasteiger partial charge in [-0.25, -0.2) is 0 Å². The van der Waals surface area contributed by atoms with Gasteiger partial charge in [-0.2, -0.15) is 4.98 Å². The maximum Gasteiger partial charge on any atom is 0.279 e. The highest BCUT2D eigenvalue weighted by atomic mass is 32.1. The van der Waals surface area contributed by atoms with Crippen molar-refractivity contribution in [3.8, 4) is 10.7 Å². The van der Waals surface area contributed by atoms with Gasteiger partial charge in [-0.05, 0) is 38.1 Å². The molecular weight excluding hydrogens is 322 g/mol. The van der Waals surface area contributed by atoms with Crippen molar-refractivity contribution in [2.24, 2.45) is 0 Å². The molecule has 1 aromatic carbocycles. The molecule has 0 fully saturated rings. The zero-order chi connectivity index (χ0) is 17.1. The molecule has 0 radical (unpaired) electrons. The maximum atomic E-state index is 12.3. The summed E-state index contributed by atoms with van der Waals surface area (Å²) in [5.74, 6) is -0.0429. The smallest absolute Gasteiger partial charge is 0.279 e. The molecule has 122 valence electrons. The van der Waals surface area contributed by atoms with Crippen molar-refractivity contribution in [2.45, 2.75) is 13.8 Å². The number of fused-ring (bicyclic) bond motifs is 1. The topological polar surface area (TPSA) is 63.2 Å². The highest BCUT2D eigenvalue weighted by molar-refractivity contribution is 7.21. The molecule has 0 saturated carbocycles. The summed E-state index contributed by atoms with van der Waals surface area (Å²) in [5.41, 5.74) is 0.874. The van der Waals surface area contributed by atoms with E-state index in [1.807, 2.05) is 32.0 Å². The Morgan fingerprint density at radius 2 is 1.88 bits per heavy atom. The minimum atomic E-state index is -0.260. The number of nitrogens with zero attached hydrogens (tertiary/aromatic N) is 3. The van der Waals surface area contributed by atoms with Gasteiger partial charge in [-0.1, -0.05) is 12.1 Å². The van der Waals surface area contributed by atoms with Crippen LogP contribution in [0.5, 0.6) is 0 Å². The fourth-order valence-electron chi connectivity index (χ4n) is 2.46. The second-order valence-electron chi connectivity index (χ2n) is 5.23. The van der Waals surface area contributed by atoms with E-state index >= 15 is 0 Å². The van der Waals surface area contributed by atoms with Crippen molar-refractivity contribution in [1.29, 1.82) is 0 Å². The van der Waals surface area contributed by atoms with E-state index in [2.05, 4.69) is 9.97 Å². The van der Waals surface area contributed by atoms with Gasteiger partial charge in [-0.15, -0.1) is 11.3 Å². The molecule has 3 rings (SSSR count). The van der Waals surface area contributed by atoms with Crippen molar-refractivity contribution < 1.29 is 4.79 Å². The molecule has 2 aromatic heterocycles. The molecular formula is C18H17N3O2S. The Morgan fingerprint density at radius 3 is 2.54 bits per heavy atom. The minimum Gasteiger partial charge on any atom is -0.339 e. The normalized spacial score (nSPS) is 10.8. The number of rotatable bonds is 4. The zero-order valence-electron chi connectivity index (χ0n) is 13.5. The van der Waals surface area contributed by atoms with Gasteiger partial charge in [0.1, 0.15) is 5.01 Å². The number of carbonyl (C=O) groups excluding carboxylic acids is 1. The molecule has 0 aliphatic rings. The van der Waals surface area contributed by atoms with E-state index in [1.165, 1.54) is 11.3 Å². The van der Waals surface area contributed by atoms with Gasteiger partial charge in [0.15, 0.2) is 0 Å². The van der Waals surface area contributed by atoms with Gasteiger partial charge in [0.05, 0.1) is 16.6 Å². The lowest BCUT2D eigenvalue weighted by Gasteiger charge is -2.18. The number of carbonyl (C=O) groups is 1. The molecule has 0 saturated heterocycles. The van der Waals surface area contributed by atoms with E-state index in [0.717, 1.165) is 4.70 Å². The fourth-order valence-corrected chi connectivity index (χ4v) is 3.44. The van der Waals surface area contributed by atoms with E-state index < -0.39 is 0 Å². The predicted octanol–water partition coefficient (Wildman–Crippen LogP) is 3.20.